The van der Waals surface area contributed by atoms with Gasteiger partial charge in [-0.25, -0.2) is 19.2 Å². The average molecular weight is 499 g/mol. The van der Waals surface area contributed by atoms with E-state index >= 15 is 0 Å². The van der Waals surface area contributed by atoms with E-state index in [0.29, 0.717) is 0 Å². The van der Waals surface area contributed by atoms with Crippen LogP contribution in [-0.4, -0.2) is 73.2 Å². The summed E-state index contributed by atoms with van der Waals surface area (Å²) < 4.78 is 19.9. The van der Waals surface area contributed by atoms with E-state index < -0.39 is 59.6 Å². The second-order valence-corrected chi connectivity index (χ2v) is 7.04. The van der Waals surface area contributed by atoms with Gasteiger partial charge in [-0.05, 0) is 39.8 Å². The van der Waals surface area contributed by atoms with Crippen LogP contribution in [0, 0.1) is 0 Å². The molecule has 0 heterocycles. The summed E-state index contributed by atoms with van der Waals surface area (Å²) in [7, 11) is 0. The minimum atomic E-state index is -2.17. The van der Waals surface area contributed by atoms with E-state index in [-0.39, 0.29) is 26.4 Å². The van der Waals surface area contributed by atoms with Crippen LogP contribution in [0.25, 0.3) is 0 Å². The molecule has 0 saturated heterocycles. The fourth-order valence-electron chi connectivity index (χ4n) is 2.93. The number of hydrogen-bond acceptors (Lipinski definition) is 10. The maximum atomic E-state index is 12.6. The summed E-state index contributed by atoms with van der Waals surface area (Å²) in [5.74, 6) is -5.49. The number of rotatable bonds is 14. The van der Waals surface area contributed by atoms with Crippen molar-refractivity contribution in [2.24, 2.45) is 0 Å². The Bertz CT molecular complexity index is 756. The highest BCUT2D eigenvalue weighted by molar-refractivity contribution is 6.08. The van der Waals surface area contributed by atoms with Gasteiger partial charge in [-0.2, -0.15) is 0 Å². The van der Waals surface area contributed by atoms with Gasteiger partial charge >= 0.3 is 23.9 Å². The fraction of sp³-hybridized carbons (Fsp3) is 0.609. The number of nitrogens with one attached hydrogen (secondary N) is 2. The van der Waals surface area contributed by atoms with Gasteiger partial charge in [0, 0.05) is 26.7 Å². The van der Waals surface area contributed by atoms with Crippen molar-refractivity contribution < 1.29 is 47.7 Å². The fourth-order valence-corrected chi connectivity index (χ4v) is 2.93. The zero-order valence-electron chi connectivity index (χ0n) is 21.0. The lowest BCUT2D eigenvalue weighted by molar-refractivity contribution is -0.168. The van der Waals surface area contributed by atoms with Crippen LogP contribution >= 0.6 is 0 Å². The van der Waals surface area contributed by atoms with Crippen LogP contribution in [0.4, 0.5) is 0 Å². The second-order valence-electron chi connectivity index (χ2n) is 7.04. The molecule has 0 atom stereocenters. The molecule has 0 aliphatic carbocycles. The van der Waals surface area contributed by atoms with Gasteiger partial charge in [0.2, 0.25) is 22.9 Å². The van der Waals surface area contributed by atoms with Crippen molar-refractivity contribution in [1.82, 2.24) is 10.6 Å². The Balaban J connectivity index is 6.26. The summed E-state index contributed by atoms with van der Waals surface area (Å²) in [5.41, 5.74) is -1.70. The molecule has 0 saturated carbocycles. The first-order chi connectivity index (χ1) is 16.5. The van der Waals surface area contributed by atoms with Crippen molar-refractivity contribution >= 4 is 35.7 Å². The first-order valence-electron chi connectivity index (χ1n) is 11.1. The van der Waals surface area contributed by atoms with Crippen LogP contribution in [0.3, 0.4) is 0 Å². The highest BCUT2D eigenvalue weighted by Crippen LogP contribution is 2.19. The van der Waals surface area contributed by atoms with Crippen molar-refractivity contribution in [2.75, 3.05) is 26.4 Å². The largest absolute Gasteiger partial charge is 0.464 e. The van der Waals surface area contributed by atoms with E-state index in [1.54, 1.807) is 0 Å². The van der Waals surface area contributed by atoms with Crippen molar-refractivity contribution in [3.8, 4) is 0 Å². The molecular weight excluding hydrogens is 464 g/mol. The molecule has 2 N–H and O–H groups in total. The van der Waals surface area contributed by atoms with Crippen LogP contribution in [-0.2, 0) is 47.7 Å². The first kappa shape index (κ1) is 31.3. The summed E-state index contributed by atoms with van der Waals surface area (Å²) in [6.45, 7) is 8.13. The van der Waals surface area contributed by atoms with Crippen LogP contribution in [0.1, 0.15) is 54.4 Å². The Morgan fingerprint density at radius 2 is 0.857 bits per heavy atom. The van der Waals surface area contributed by atoms with Gasteiger partial charge in [0.05, 0.1) is 26.4 Å². The first-order valence-corrected chi connectivity index (χ1v) is 11.1. The van der Waals surface area contributed by atoms with Gasteiger partial charge in [-0.15, -0.1) is 5.73 Å². The molecule has 0 aliphatic rings. The quantitative estimate of drug-likeness (QED) is 0.149. The third-order valence-corrected chi connectivity index (χ3v) is 4.33. The second kappa shape index (κ2) is 15.3. The SMILES string of the molecule is CCOC(=O)C(CC=C=CCC(NC(C)=O)(C(=O)OCC)C(=O)OCC)(NC(C)=O)C(=O)OCC. The molecule has 0 aromatic heterocycles. The summed E-state index contributed by atoms with van der Waals surface area (Å²) >= 11 is 0. The van der Waals surface area contributed by atoms with Gasteiger partial charge < -0.3 is 29.6 Å². The number of amides is 2. The summed E-state index contributed by atoms with van der Waals surface area (Å²) in [6.07, 6.45) is 1.62. The molecule has 0 rings (SSSR count). The summed E-state index contributed by atoms with van der Waals surface area (Å²) in [5, 5.41) is 4.57. The molecule has 196 valence electrons. The Labute approximate surface area is 204 Å². The number of hydrogen-bond donors (Lipinski definition) is 2. The van der Waals surface area contributed by atoms with E-state index in [9.17, 15) is 28.8 Å². The van der Waals surface area contributed by atoms with Gasteiger partial charge in [-0.3, -0.25) is 9.59 Å². The van der Waals surface area contributed by atoms with E-state index in [2.05, 4.69) is 16.4 Å². The standard InChI is InChI=1S/C23H34N2O10/c1-7-32-18(28)22(24-16(5)26,19(29)33-8-2)14-12-11-13-15-23(25-17(6)27,20(30)34-9-3)21(31)35-10-4/h12-13H,7-10,14-15H2,1-6H3,(H,24,26)(H,25,27). The lowest BCUT2D eigenvalue weighted by atomic mass is 9.93. The molecule has 12 heteroatoms. The Hall–Kier alpha value is -3.66. The maximum Gasteiger partial charge on any atom is 0.344 e. The number of esters is 4. The zero-order valence-corrected chi connectivity index (χ0v) is 21.0. The maximum absolute atomic E-state index is 12.6. The lowest BCUT2D eigenvalue weighted by Gasteiger charge is -2.28. The van der Waals surface area contributed by atoms with Gasteiger partial charge in [0.15, 0.2) is 0 Å². The van der Waals surface area contributed by atoms with Crippen molar-refractivity contribution in [3.63, 3.8) is 0 Å². The van der Waals surface area contributed by atoms with Gasteiger partial charge in [0.1, 0.15) is 0 Å². The predicted octanol–water partition coefficient (Wildman–Crippen LogP) is 0.480. The predicted molar refractivity (Wildman–Crippen MR) is 122 cm³/mol. The van der Waals surface area contributed by atoms with Crippen molar-refractivity contribution in [1.29, 1.82) is 0 Å². The van der Waals surface area contributed by atoms with Crippen LogP contribution in [0.5, 0.6) is 0 Å². The minimum absolute atomic E-state index is 0.0581. The summed E-state index contributed by atoms with van der Waals surface area (Å²) in [6, 6.07) is 0. The van der Waals surface area contributed by atoms with E-state index in [0.717, 1.165) is 13.8 Å². The Morgan fingerprint density at radius 3 is 1.06 bits per heavy atom. The Morgan fingerprint density at radius 1 is 0.600 bits per heavy atom. The zero-order chi connectivity index (χ0) is 27.1. The van der Waals surface area contributed by atoms with Crippen molar-refractivity contribution in [3.05, 3.63) is 17.9 Å². The van der Waals surface area contributed by atoms with Gasteiger partial charge in [0.25, 0.3) is 0 Å². The topological polar surface area (TPSA) is 163 Å². The van der Waals surface area contributed by atoms with Gasteiger partial charge in [-0.1, -0.05) is 0 Å². The van der Waals surface area contributed by atoms with Crippen molar-refractivity contribution in [2.45, 2.75) is 65.5 Å². The number of ether oxygens (including phenoxy) is 4. The van der Waals surface area contributed by atoms with E-state index in [1.807, 2.05) is 0 Å². The van der Waals surface area contributed by atoms with Crippen LogP contribution in [0.15, 0.2) is 17.9 Å². The normalized spacial score (nSPS) is 10.7. The molecular formula is C23H34N2O10. The molecule has 35 heavy (non-hydrogen) atoms. The molecule has 0 aromatic carbocycles. The number of carbonyl (C=O) groups excluding carboxylic acids is 6. The van der Waals surface area contributed by atoms with Crippen LogP contribution in [0.2, 0.25) is 0 Å². The molecule has 0 aliphatic heterocycles. The monoisotopic (exact) mass is 498 g/mol. The van der Waals surface area contributed by atoms with Crippen LogP contribution < -0.4 is 10.6 Å². The highest BCUT2D eigenvalue weighted by Gasteiger charge is 2.50. The number of carbonyl (C=O) groups is 6. The van der Waals surface area contributed by atoms with E-state index in [4.69, 9.17) is 18.9 Å². The highest BCUT2D eigenvalue weighted by atomic mass is 16.6. The summed E-state index contributed by atoms with van der Waals surface area (Å²) in [4.78, 5) is 74.0. The lowest BCUT2D eigenvalue weighted by Crippen LogP contribution is -2.61. The third kappa shape index (κ3) is 8.90. The minimum Gasteiger partial charge on any atom is -0.464 e. The molecule has 12 nitrogen and oxygen atoms in total. The average Bonchev–Trinajstić information content (AvgIpc) is 2.77. The Kier molecular flexibility index (Phi) is 13.7. The molecule has 0 radical (unpaired) electrons. The molecule has 0 unspecified atom stereocenters. The molecule has 2 amide bonds. The smallest absolute Gasteiger partial charge is 0.344 e. The third-order valence-electron chi connectivity index (χ3n) is 4.33. The molecule has 0 bridgehead atoms. The molecule has 0 fully saturated rings. The molecule has 0 aromatic rings. The van der Waals surface area contributed by atoms with E-state index in [1.165, 1.54) is 39.8 Å². The molecule has 0 spiro atoms.